The molecule has 0 fully saturated rings. The Hall–Kier alpha value is -1.85. The number of aliphatic hydroxyl groups excluding tert-OH is 1. The molecule has 90 valence electrons. The molecule has 3 rings (SSSR count). The van der Waals surface area contributed by atoms with E-state index < -0.39 is 6.10 Å². The molecule has 0 spiro atoms. The Balaban J connectivity index is 1.89. The lowest BCUT2D eigenvalue weighted by atomic mass is 10.2. The molecule has 2 aromatic heterocycles. The fourth-order valence-electron chi connectivity index (χ4n) is 1.76. The Bertz CT molecular complexity index is 654. The zero-order valence-corrected chi connectivity index (χ0v) is 10.3. The second-order valence-electron chi connectivity index (χ2n) is 3.93. The molecular formula is C13H11N3OS. The van der Waals surface area contributed by atoms with Crippen LogP contribution in [-0.4, -0.2) is 20.1 Å². The van der Waals surface area contributed by atoms with Crippen LogP contribution in [-0.2, 0) is 6.42 Å². The topological polar surface area (TPSA) is 58.9 Å². The van der Waals surface area contributed by atoms with Crippen LogP contribution in [0.3, 0.4) is 0 Å². The fraction of sp³-hybridized carbons (Fsp3) is 0.154. The van der Waals surface area contributed by atoms with E-state index in [2.05, 4.69) is 15.0 Å². The maximum Gasteiger partial charge on any atom is 0.104 e. The lowest BCUT2D eigenvalue weighted by Crippen LogP contribution is -2.05. The van der Waals surface area contributed by atoms with Crippen molar-refractivity contribution in [3.63, 3.8) is 0 Å². The maximum atomic E-state index is 10.1. The van der Waals surface area contributed by atoms with Gasteiger partial charge in [0.25, 0.3) is 0 Å². The molecular weight excluding hydrogens is 246 g/mol. The third kappa shape index (κ3) is 2.23. The first-order chi connectivity index (χ1) is 8.83. The summed E-state index contributed by atoms with van der Waals surface area (Å²) in [4.78, 5) is 12.9. The number of hydrogen-bond donors (Lipinski definition) is 1. The third-order valence-corrected chi connectivity index (χ3v) is 3.46. The summed E-state index contributed by atoms with van der Waals surface area (Å²) in [5.41, 5.74) is 2.22. The minimum Gasteiger partial charge on any atom is -0.386 e. The Morgan fingerprint density at radius 1 is 1.17 bits per heavy atom. The number of nitrogens with zero attached hydrogens (tertiary/aromatic N) is 3. The lowest BCUT2D eigenvalue weighted by molar-refractivity contribution is 0.173. The molecule has 0 aliphatic carbocycles. The van der Waals surface area contributed by atoms with Gasteiger partial charge in [0.15, 0.2) is 0 Å². The van der Waals surface area contributed by atoms with E-state index >= 15 is 0 Å². The number of benzene rings is 1. The number of rotatable bonds is 3. The molecule has 0 aliphatic rings. The first-order valence-corrected chi connectivity index (χ1v) is 6.49. The summed E-state index contributed by atoms with van der Waals surface area (Å²) < 4.78 is 0. The second kappa shape index (κ2) is 4.80. The Labute approximate surface area is 108 Å². The van der Waals surface area contributed by atoms with Crippen LogP contribution in [0.5, 0.6) is 0 Å². The van der Waals surface area contributed by atoms with Gasteiger partial charge in [-0.25, -0.2) is 9.97 Å². The van der Waals surface area contributed by atoms with Gasteiger partial charge in [0.1, 0.15) is 6.10 Å². The van der Waals surface area contributed by atoms with Gasteiger partial charge in [-0.2, -0.15) is 0 Å². The van der Waals surface area contributed by atoms with E-state index in [4.69, 9.17) is 0 Å². The zero-order chi connectivity index (χ0) is 12.4. The van der Waals surface area contributed by atoms with Crippen LogP contribution in [0, 0.1) is 0 Å². The van der Waals surface area contributed by atoms with Crippen molar-refractivity contribution in [3.05, 3.63) is 52.7 Å². The fourth-order valence-corrected chi connectivity index (χ4v) is 2.41. The van der Waals surface area contributed by atoms with Crippen molar-refractivity contribution in [1.29, 1.82) is 0 Å². The molecule has 0 amide bonds. The van der Waals surface area contributed by atoms with Gasteiger partial charge in [0, 0.05) is 18.0 Å². The van der Waals surface area contributed by atoms with Crippen LogP contribution < -0.4 is 0 Å². The minimum atomic E-state index is -0.659. The Morgan fingerprint density at radius 2 is 2.00 bits per heavy atom. The van der Waals surface area contributed by atoms with Gasteiger partial charge in [-0.3, -0.25) is 4.98 Å². The highest BCUT2D eigenvalue weighted by atomic mass is 32.1. The average molecular weight is 257 g/mol. The Morgan fingerprint density at radius 3 is 2.78 bits per heavy atom. The molecule has 4 nitrogen and oxygen atoms in total. The summed E-state index contributed by atoms with van der Waals surface area (Å²) in [6, 6.07) is 7.62. The molecule has 18 heavy (non-hydrogen) atoms. The maximum absolute atomic E-state index is 10.1. The largest absolute Gasteiger partial charge is 0.386 e. The summed E-state index contributed by atoms with van der Waals surface area (Å²) >= 11 is 1.53. The highest BCUT2D eigenvalue weighted by molar-refractivity contribution is 7.09. The van der Waals surface area contributed by atoms with Gasteiger partial charge in [-0.1, -0.05) is 12.1 Å². The van der Waals surface area contributed by atoms with E-state index in [1.807, 2.05) is 29.6 Å². The number of fused-ring (bicyclic) bond motifs is 1. The van der Waals surface area contributed by atoms with E-state index in [0.717, 1.165) is 16.0 Å². The van der Waals surface area contributed by atoms with Gasteiger partial charge in [-0.15, -0.1) is 11.3 Å². The third-order valence-electron chi connectivity index (χ3n) is 2.66. The molecule has 0 saturated carbocycles. The number of aliphatic hydroxyl groups is 1. The van der Waals surface area contributed by atoms with Crippen molar-refractivity contribution in [2.75, 3.05) is 0 Å². The van der Waals surface area contributed by atoms with Crippen LogP contribution in [0.1, 0.15) is 16.8 Å². The van der Waals surface area contributed by atoms with Crippen molar-refractivity contribution in [1.82, 2.24) is 15.0 Å². The molecule has 0 aliphatic heterocycles. The van der Waals surface area contributed by atoms with E-state index in [1.165, 1.54) is 11.3 Å². The van der Waals surface area contributed by atoms with Gasteiger partial charge in [0.2, 0.25) is 0 Å². The van der Waals surface area contributed by atoms with Gasteiger partial charge >= 0.3 is 0 Å². The standard InChI is InChI=1S/C13H11N3OS/c17-12(7-13-14-5-6-18-13)11-8-15-9-3-1-2-4-10(9)16-11/h1-6,8,12,17H,7H2. The average Bonchev–Trinajstić information content (AvgIpc) is 2.91. The van der Waals surface area contributed by atoms with Crippen LogP contribution in [0.4, 0.5) is 0 Å². The summed E-state index contributed by atoms with van der Waals surface area (Å²) in [5, 5.41) is 12.9. The highest BCUT2D eigenvalue weighted by Crippen LogP contribution is 2.19. The monoisotopic (exact) mass is 257 g/mol. The molecule has 0 saturated heterocycles. The number of aromatic nitrogens is 3. The second-order valence-corrected chi connectivity index (χ2v) is 4.91. The van der Waals surface area contributed by atoms with Crippen molar-refractivity contribution in [3.8, 4) is 0 Å². The minimum absolute atomic E-state index is 0.477. The van der Waals surface area contributed by atoms with Crippen LogP contribution in [0.25, 0.3) is 11.0 Å². The zero-order valence-electron chi connectivity index (χ0n) is 9.52. The molecule has 0 bridgehead atoms. The first kappa shape index (κ1) is 11.3. The molecule has 3 aromatic rings. The van der Waals surface area contributed by atoms with E-state index in [1.54, 1.807) is 12.4 Å². The van der Waals surface area contributed by atoms with Gasteiger partial charge in [-0.05, 0) is 12.1 Å². The molecule has 5 heteroatoms. The summed E-state index contributed by atoms with van der Waals surface area (Å²) in [6.45, 7) is 0. The van der Waals surface area contributed by atoms with E-state index in [0.29, 0.717) is 12.1 Å². The van der Waals surface area contributed by atoms with Crippen LogP contribution >= 0.6 is 11.3 Å². The normalized spacial score (nSPS) is 12.7. The van der Waals surface area contributed by atoms with Crippen LogP contribution in [0.15, 0.2) is 42.0 Å². The Kier molecular flexibility index (Phi) is 3.00. The van der Waals surface area contributed by atoms with Crippen molar-refractivity contribution in [2.45, 2.75) is 12.5 Å². The van der Waals surface area contributed by atoms with Gasteiger partial charge in [0.05, 0.1) is 27.9 Å². The van der Waals surface area contributed by atoms with Crippen LogP contribution in [0.2, 0.25) is 0 Å². The van der Waals surface area contributed by atoms with Crippen molar-refractivity contribution < 1.29 is 5.11 Å². The molecule has 1 atom stereocenters. The highest BCUT2D eigenvalue weighted by Gasteiger charge is 2.12. The predicted octanol–water partition coefficient (Wildman–Crippen LogP) is 2.36. The molecule has 1 aromatic carbocycles. The van der Waals surface area contributed by atoms with Crippen molar-refractivity contribution in [2.24, 2.45) is 0 Å². The summed E-state index contributed by atoms with van der Waals surface area (Å²) in [7, 11) is 0. The quantitative estimate of drug-likeness (QED) is 0.782. The lowest BCUT2D eigenvalue weighted by Gasteiger charge is -2.08. The number of para-hydroxylation sites is 2. The van der Waals surface area contributed by atoms with E-state index in [9.17, 15) is 5.11 Å². The molecule has 1 unspecified atom stereocenters. The molecule has 2 heterocycles. The summed E-state index contributed by atoms with van der Waals surface area (Å²) in [5.74, 6) is 0. The molecule has 0 radical (unpaired) electrons. The SMILES string of the molecule is OC(Cc1nccs1)c1cnc2ccccc2n1. The first-order valence-electron chi connectivity index (χ1n) is 5.61. The smallest absolute Gasteiger partial charge is 0.104 e. The number of hydrogen-bond acceptors (Lipinski definition) is 5. The predicted molar refractivity (Wildman–Crippen MR) is 70.3 cm³/mol. The summed E-state index contributed by atoms with van der Waals surface area (Å²) in [6.07, 6.45) is 3.18. The van der Waals surface area contributed by atoms with E-state index in [-0.39, 0.29) is 0 Å². The molecule has 1 N–H and O–H groups in total. The van der Waals surface area contributed by atoms with Crippen molar-refractivity contribution >= 4 is 22.4 Å². The van der Waals surface area contributed by atoms with Gasteiger partial charge < -0.3 is 5.11 Å². The number of thiazole rings is 1.